The Balaban J connectivity index is 0.000000873. The lowest BCUT2D eigenvalue weighted by atomic mass is 10.0. The van der Waals surface area contributed by atoms with Gasteiger partial charge in [-0.25, -0.2) is 18.0 Å². The van der Waals surface area contributed by atoms with Crippen LogP contribution in [0.5, 0.6) is 0 Å². The van der Waals surface area contributed by atoms with Gasteiger partial charge in [-0.15, -0.1) is 0 Å². The number of nitrogens with zero attached hydrogens (tertiary/aromatic N) is 2. The van der Waals surface area contributed by atoms with E-state index in [2.05, 4.69) is 0 Å². The Morgan fingerprint density at radius 2 is 1.89 bits per heavy atom. The minimum Gasteiger partial charge on any atom is -0.477 e. The Morgan fingerprint density at radius 3 is 2.22 bits per heavy atom. The molecule has 5 nitrogen and oxygen atoms in total. The summed E-state index contributed by atoms with van der Waals surface area (Å²) in [7, 11) is 0. The van der Waals surface area contributed by atoms with Gasteiger partial charge in [0.25, 0.3) is 6.17 Å². The van der Waals surface area contributed by atoms with Gasteiger partial charge in [-0.1, -0.05) is 6.92 Å². The van der Waals surface area contributed by atoms with Crippen LogP contribution in [0.4, 0.5) is 17.6 Å². The summed E-state index contributed by atoms with van der Waals surface area (Å²) in [4.78, 5) is 12.3. The van der Waals surface area contributed by atoms with Gasteiger partial charge in [0.1, 0.15) is 5.57 Å². The number of alkyl halides is 1. The van der Waals surface area contributed by atoms with Crippen LogP contribution in [0.1, 0.15) is 6.92 Å². The average molecular weight is 267 g/mol. The first-order valence-corrected chi connectivity index (χ1v) is 4.58. The van der Waals surface area contributed by atoms with Crippen molar-refractivity contribution in [1.29, 1.82) is 0 Å². The highest BCUT2D eigenvalue weighted by Crippen LogP contribution is 2.32. The molecule has 18 heavy (non-hydrogen) atoms. The van der Waals surface area contributed by atoms with Crippen molar-refractivity contribution >= 4 is 11.7 Å². The van der Waals surface area contributed by atoms with Crippen LogP contribution in [0.15, 0.2) is 23.1 Å². The molecule has 0 aromatic carbocycles. The standard InChI is InChI=1S/C7H2F4N2O2.C2H7N/c8-2-1(7(14)15)3(9)5(11)6(13-12)4(2)10;1-2-3/h4H,(H,14,15);2-3H2,1H3. The summed E-state index contributed by atoms with van der Waals surface area (Å²) in [5.74, 6) is -8.35. The van der Waals surface area contributed by atoms with Crippen molar-refractivity contribution in [2.75, 3.05) is 6.54 Å². The molecule has 0 aromatic rings. The van der Waals surface area contributed by atoms with E-state index < -0.39 is 40.9 Å². The Morgan fingerprint density at radius 1 is 1.44 bits per heavy atom. The van der Waals surface area contributed by atoms with E-state index in [-0.39, 0.29) is 0 Å². The molecule has 9 heteroatoms. The number of rotatable bonds is 1. The zero-order valence-electron chi connectivity index (χ0n) is 9.12. The lowest BCUT2D eigenvalue weighted by Gasteiger charge is -2.10. The van der Waals surface area contributed by atoms with E-state index >= 15 is 0 Å². The SMILES string of the molecule is CCN.[N-]=[N+]=C1C(F)=C(F)C(C(=O)O)=C(F)C1F. The maximum absolute atomic E-state index is 12.8. The lowest BCUT2D eigenvalue weighted by Crippen LogP contribution is -2.27. The molecule has 0 bridgehead atoms. The van der Waals surface area contributed by atoms with Crippen molar-refractivity contribution in [2.45, 2.75) is 13.1 Å². The van der Waals surface area contributed by atoms with Crippen molar-refractivity contribution in [3.8, 4) is 0 Å². The van der Waals surface area contributed by atoms with Gasteiger partial charge in [-0.2, -0.15) is 9.18 Å². The van der Waals surface area contributed by atoms with E-state index in [1.165, 1.54) is 0 Å². The Labute approximate surface area is 98.8 Å². The molecule has 100 valence electrons. The highest BCUT2D eigenvalue weighted by Gasteiger charge is 2.44. The summed E-state index contributed by atoms with van der Waals surface area (Å²) in [5, 5.41) is 8.27. The fourth-order valence-electron chi connectivity index (χ4n) is 0.976. The van der Waals surface area contributed by atoms with Crippen LogP contribution in [0.2, 0.25) is 0 Å². The Hall–Kier alpha value is -1.99. The summed E-state index contributed by atoms with van der Waals surface area (Å²) < 4.78 is 51.3. The van der Waals surface area contributed by atoms with E-state index in [0.717, 1.165) is 6.54 Å². The summed E-state index contributed by atoms with van der Waals surface area (Å²) in [6.45, 7) is 2.65. The molecular formula is C9H9F4N3O2. The van der Waals surface area contributed by atoms with Gasteiger partial charge in [0.15, 0.2) is 11.7 Å². The third-order valence-electron chi connectivity index (χ3n) is 1.66. The molecule has 1 unspecified atom stereocenters. The Bertz CT molecular complexity index is 466. The molecule has 3 N–H and O–H groups in total. The van der Waals surface area contributed by atoms with Crippen LogP contribution in [0, 0.1) is 0 Å². The zero-order valence-corrected chi connectivity index (χ0v) is 9.12. The summed E-state index contributed by atoms with van der Waals surface area (Å²) in [6, 6.07) is 0. The highest BCUT2D eigenvalue weighted by atomic mass is 19.2. The molecule has 1 atom stereocenters. The van der Waals surface area contributed by atoms with Crippen LogP contribution in [-0.2, 0) is 4.79 Å². The first kappa shape index (κ1) is 16.0. The minimum atomic E-state index is -2.93. The number of nitrogens with two attached hydrogens (primary N) is 1. The monoisotopic (exact) mass is 267 g/mol. The number of hydrogen-bond acceptors (Lipinski definition) is 2. The van der Waals surface area contributed by atoms with Gasteiger partial charge >= 0.3 is 11.7 Å². The Kier molecular flexibility index (Phi) is 5.94. The van der Waals surface area contributed by atoms with Gasteiger partial charge in [0.2, 0.25) is 5.83 Å². The topological polar surface area (TPSA) is 99.7 Å². The molecule has 0 aromatic heterocycles. The van der Waals surface area contributed by atoms with E-state index in [1.807, 2.05) is 11.7 Å². The molecule has 0 saturated heterocycles. The van der Waals surface area contributed by atoms with E-state index in [1.54, 1.807) is 0 Å². The van der Waals surface area contributed by atoms with Crippen LogP contribution in [0.25, 0.3) is 5.53 Å². The predicted octanol–water partition coefficient (Wildman–Crippen LogP) is 1.43. The number of carboxylic acids is 1. The molecule has 0 fully saturated rings. The van der Waals surface area contributed by atoms with Crippen molar-refractivity contribution in [3.05, 3.63) is 28.6 Å². The van der Waals surface area contributed by atoms with E-state index in [9.17, 15) is 22.4 Å². The predicted molar refractivity (Wildman–Crippen MR) is 53.3 cm³/mol. The van der Waals surface area contributed by atoms with Crippen molar-refractivity contribution in [1.82, 2.24) is 0 Å². The normalized spacial score (nSPS) is 19.2. The first-order chi connectivity index (χ1) is 8.33. The molecule has 0 saturated carbocycles. The first-order valence-electron chi connectivity index (χ1n) is 4.58. The van der Waals surface area contributed by atoms with Gasteiger partial charge in [-0.05, 0) is 6.54 Å². The fraction of sp³-hybridized carbons (Fsp3) is 0.333. The molecular weight excluding hydrogens is 258 g/mol. The second-order valence-corrected chi connectivity index (χ2v) is 2.91. The van der Waals surface area contributed by atoms with Crippen LogP contribution < -0.4 is 5.73 Å². The highest BCUT2D eigenvalue weighted by molar-refractivity contribution is 6.06. The number of halogens is 4. The quantitative estimate of drug-likeness (QED) is 0.427. The molecule has 0 spiro atoms. The summed E-state index contributed by atoms with van der Waals surface area (Å²) in [6.07, 6.45) is -2.93. The number of carboxylic acid groups (broad SMARTS) is 1. The maximum Gasteiger partial charge on any atom is 0.371 e. The van der Waals surface area contributed by atoms with Gasteiger partial charge < -0.3 is 16.4 Å². The van der Waals surface area contributed by atoms with Crippen molar-refractivity contribution in [2.24, 2.45) is 5.73 Å². The molecule has 0 aliphatic heterocycles. The second kappa shape index (κ2) is 6.67. The zero-order chi connectivity index (χ0) is 14.5. The van der Waals surface area contributed by atoms with Gasteiger partial charge in [0, 0.05) is 0 Å². The molecule has 1 rings (SSSR count). The average Bonchev–Trinajstić information content (AvgIpc) is 2.28. The third-order valence-corrected chi connectivity index (χ3v) is 1.66. The van der Waals surface area contributed by atoms with Crippen LogP contribution in [0.3, 0.4) is 0 Å². The molecule has 0 amide bonds. The lowest BCUT2D eigenvalue weighted by molar-refractivity contribution is -0.132. The third kappa shape index (κ3) is 3.02. The van der Waals surface area contributed by atoms with E-state index in [4.69, 9.17) is 16.4 Å². The number of hydrogen-bond donors (Lipinski definition) is 2. The van der Waals surface area contributed by atoms with Gasteiger partial charge in [-0.3, -0.25) is 0 Å². The fourth-order valence-corrected chi connectivity index (χ4v) is 0.976. The number of aliphatic carboxylic acids is 1. The molecule has 0 heterocycles. The largest absolute Gasteiger partial charge is 0.477 e. The van der Waals surface area contributed by atoms with Crippen molar-refractivity contribution < 1.29 is 32.3 Å². The van der Waals surface area contributed by atoms with E-state index in [0.29, 0.717) is 0 Å². The number of allylic oxidation sites excluding steroid dienone is 2. The molecule has 0 radical (unpaired) electrons. The van der Waals surface area contributed by atoms with Crippen molar-refractivity contribution in [3.63, 3.8) is 0 Å². The molecule has 1 aliphatic rings. The summed E-state index contributed by atoms with van der Waals surface area (Å²) >= 11 is 0. The number of carbonyl (C=O) groups is 1. The molecule has 1 aliphatic carbocycles. The van der Waals surface area contributed by atoms with Crippen LogP contribution >= 0.6 is 0 Å². The summed E-state index contributed by atoms with van der Waals surface area (Å²) in [5.41, 5.74) is 9.63. The van der Waals surface area contributed by atoms with Gasteiger partial charge in [0.05, 0.1) is 0 Å². The second-order valence-electron chi connectivity index (χ2n) is 2.91. The smallest absolute Gasteiger partial charge is 0.371 e. The maximum atomic E-state index is 12.8. The van der Waals surface area contributed by atoms with Crippen LogP contribution in [-0.4, -0.2) is 34.3 Å². The minimum absolute atomic E-state index is 0.750.